The molecule has 6 aromatic rings. The first-order valence-corrected chi connectivity index (χ1v) is 41.3. The lowest BCUT2D eigenvalue weighted by Crippen LogP contribution is -2.50. The molecule has 0 aromatic heterocycles. The fourth-order valence-electron chi connectivity index (χ4n) is 16.5. The lowest BCUT2D eigenvalue weighted by Gasteiger charge is -2.41. The van der Waals surface area contributed by atoms with Gasteiger partial charge in [0.25, 0.3) is 0 Å². The van der Waals surface area contributed by atoms with Crippen LogP contribution in [0.5, 0.6) is 23.0 Å². The monoisotopic (exact) mass is 1620 g/mol. The minimum Gasteiger partial charge on any atom is -0.768 e. The van der Waals surface area contributed by atoms with E-state index in [1.807, 2.05) is 14.7 Å². The molecule has 6 bridgehead atoms. The minimum atomic E-state index is -3.84. The molecule has 598 valence electrons. The molecule has 8 aliphatic heterocycles. The van der Waals surface area contributed by atoms with Crippen molar-refractivity contribution in [2.45, 2.75) is 185 Å². The summed E-state index contributed by atoms with van der Waals surface area (Å²) < 4.78 is 220. The van der Waals surface area contributed by atoms with Crippen LogP contribution >= 0.6 is 12.6 Å². The van der Waals surface area contributed by atoms with E-state index in [9.17, 15) is 79.5 Å². The average Bonchev–Trinajstić information content (AvgIpc) is 1.63. The molecule has 21 nitrogen and oxygen atoms in total. The summed E-state index contributed by atoms with van der Waals surface area (Å²) >= 11 is 1.92. The smallest absolute Gasteiger partial charge is 0.240 e. The molecular formula is C76H88F9N8O13S4-. The predicted octanol–water partition coefficient (Wildman–Crippen LogP) is 9.75. The summed E-state index contributed by atoms with van der Waals surface area (Å²) in [6.07, 6.45) is 10.1. The minimum absolute atomic E-state index is 0.00206. The number of piperidine rings is 3. The van der Waals surface area contributed by atoms with E-state index in [4.69, 9.17) is 36.1 Å². The molecule has 6 saturated heterocycles. The molecule has 13 atom stereocenters. The van der Waals surface area contributed by atoms with Crippen molar-refractivity contribution in [2.24, 2.45) is 35.0 Å². The molecule has 8 aliphatic rings. The third-order valence-electron chi connectivity index (χ3n) is 21.8. The van der Waals surface area contributed by atoms with Gasteiger partial charge in [-0.2, -0.15) is 12.6 Å². The van der Waals surface area contributed by atoms with Crippen LogP contribution in [0.15, 0.2) is 118 Å². The van der Waals surface area contributed by atoms with Gasteiger partial charge >= 0.3 is 0 Å². The van der Waals surface area contributed by atoms with Gasteiger partial charge in [0, 0.05) is 116 Å². The maximum atomic E-state index is 14.1. The number of halogens is 9. The highest BCUT2D eigenvalue weighted by Gasteiger charge is 2.47. The molecule has 6 fully saturated rings. The zero-order valence-electron chi connectivity index (χ0n) is 59.9. The number of nitrogens with two attached hydrogens (primary N) is 3. The van der Waals surface area contributed by atoms with Gasteiger partial charge in [-0.3, -0.25) is 18.6 Å². The summed E-state index contributed by atoms with van der Waals surface area (Å²) in [5, 5.41) is 0. The van der Waals surface area contributed by atoms with Gasteiger partial charge in [0.15, 0.2) is 57.9 Å². The Morgan fingerprint density at radius 1 is 0.436 bits per heavy atom. The van der Waals surface area contributed by atoms with Crippen molar-refractivity contribution in [1.29, 1.82) is 0 Å². The highest BCUT2D eigenvalue weighted by molar-refractivity contribution is 7.89. The normalized spacial score (nSPS) is 23.3. The predicted molar refractivity (Wildman–Crippen MR) is 390 cm³/mol. The number of thiol groups is 1. The molecule has 0 radical (unpaired) electrons. The fourth-order valence-corrected chi connectivity index (χ4v) is 19.2. The quantitative estimate of drug-likeness (QED) is 0.0159. The maximum absolute atomic E-state index is 14.1. The maximum Gasteiger partial charge on any atom is 0.240 e. The molecule has 34 heteroatoms. The summed E-state index contributed by atoms with van der Waals surface area (Å²) in [4.78, 5) is 44.3. The number of nitrogens with zero attached hydrogens (tertiary/aromatic N) is 3. The van der Waals surface area contributed by atoms with E-state index in [2.05, 4.69) is 22.1 Å². The van der Waals surface area contributed by atoms with Crippen molar-refractivity contribution in [1.82, 2.24) is 24.1 Å². The highest BCUT2D eigenvalue weighted by atomic mass is 32.2. The summed E-state index contributed by atoms with van der Waals surface area (Å²) in [7, 11) is -7.52. The number of amides is 3. The molecule has 8 heterocycles. The molecule has 0 saturated carbocycles. The number of hydrogen-bond acceptors (Lipinski definition) is 17. The number of hydrogen-bond donors (Lipinski definition) is 6. The Labute approximate surface area is 640 Å². The largest absolute Gasteiger partial charge is 0.768 e. The zero-order chi connectivity index (χ0) is 78.9. The van der Waals surface area contributed by atoms with E-state index in [0.29, 0.717) is 105 Å². The lowest BCUT2D eigenvalue weighted by molar-refractivity contribution is -0.137. The third-order valence-corrected chi connectivity index (χ3v) is 25.6. The second-order valence-corrected chi connectivity index (χ2v) is 33.8. The van der Waals surface area contributed by atoms with Crippen molar-refractivity contribution in [3.8, 4) is 23.0 Å². The van der Waals surface area contributed by atoms with Gasteiger partial charge in [-0.05, 0) is 208 Å². The Bertz CT molecular complexity index is 4510. The van der Waals surface area contributed by atoms with Crippen LogP contribution in [-0.2, 0) is 64.8 Å². The summed E-state index contributed by atoms with van der Waals surface area (Å²) in [5.74, 6) is -6.82. The van der Waals surface area contributed by atoms with E-state index in [0.717, 1.165) is 69.6 Å². The van der Waals surface area contributed by atoms with E-state index < -0.39 is 95.6 Å². The van der Waals surface area contributed by atoms with Crippen molar-refractivity contribution >= 4 is 61.5 Å². The lowest BCUT2D eigenvalue weighted by atomic mass is 9.82. The summed E-state index contributed by atoms with van der Waals surface area (Å²) in [6, 6.07) is 20.1. The van der Waals surface area contributed by atoms with Crippen LogP contribution < -0.4 is 45.6 Å². The van der Waals surface area contributed by atoms with Crippen LogP contribution in [0.1, 0.15) is 113 Å². The Balaban J connectivity index is 0.000000153. The molecule has 110 heavy (non-hydrogen) atoms. The topological polar surface area (TPSA) is 308 Å². The van der Waals surface area contributed by atoms with Crippen LogP contribution in [0.2, 0.25) is 0 Å². The number of rotatable bonds is 22. The van der Waals surface area contributed by atoms with Crippen molar-refractivity contribution < 1.29 is 98.4 Å². The number of nitrogens with one attached hydrogen (secondary N) is 2. The average molecular weight is 1620 g/mol. The van der Waals surface area contributed by atoms with E-state index in [-0.39, 0.29) is 154 Å². The standard InChI is InChI=1S/C26H30F3N3O5S.C24H28F3N3O3S.C18H23F3N2OS.C8H8O4S/c27-20-14-22(29)21(28)11-15(20)12-23(30)16-9-17-1-2-18(10-16)32(17)26(33)5-6-31-38(34,35)19-3-4-24-25(13-19)37-8-7-36-24;25-20-14-22(27)21(26)12-15(20)13-23(28)16-10-17-6-7-18(11-16)30(17)24(31)8-9-29-34(32,33)19-4-2-1-3-5-19;19-14-9-16(21)15(20)7-10(14)8-17(22)11-5-12-1-2-13(6-11)23(12)18(24)3-4-25;9-13(10)6-1-2-7-8(5-6)12-4-3-11-7/h3-4,11,13-14,16-18,23,31H,1-2,5-10,12,30H2;1-5,12,14,16-18,23,29H,6-11,13,28H2;7,9,11-13,17,25H,1-6,8,22H2;1-2,5H,3-4H2,(H,9,10)/p-1/t2*16?,17-,18+,23-;11?,12-,13+,17-;/m111./s1. The highest BCUT2D eigenvalue weighted by Crippen LogP contribution is 2.44. The molecule has 0 spiro atoms. The van der Waals surface area contributed by atoms with Gasteiger partial charge in [0.2, 0.25) is 37.8 Å². The first kappa shape index (κ1) is 83.4. The summed E-state index contributed by atoms with van der Waals surface area (Å²) in [5.41, 5.74) is 19.1. The number of carbonyl (C=O) groups excluding carboxylic acids is 3. The number of ether oxygens (including phenoxy) is 4. The molecule has 6 aromatic carbocycles. The van der Waals surface area contributed by atoms with Crippen LogP contribution in [0.4, 0.5) is 39.5 Å². The van der Waals surface area contributed by atoms with Crippen LogP contribution in [-0.4, -0.2) is 158 Å². The van der Waals surface area contributed by atoms with Gasteiger partial charge in [-0.1, -0.05) is 18.2 Å². The molecule has 4 unspecified atom stereocenters. The van der Waals surface area contributed by atoms with Crippen molar-refractivity contribution in [2.75, 3.05) is 45.3 Å². The SMILES string of the molecule is N[C@H](Cc1cc(F)c(F)cc1F)C1C[C@H]2CC[C@@H](C1)N2C(=O)CCNS(=O)(=O)c1ccc2c(c1)OCCO2.N[C@H](Cc1cc(F)c(F)cc1F)C1C[C@H]2CC[C@@H](C1)N2C(=O)CCNS(=O)(=O)c1ccccc1.N[C@H](Cc1cc(F)c(F)cc1F)C1C[C@H]2CC[C@@H](C1)N2C(=O)CCS.O=S([O-])c1ccc2c(c1)OCCO2. The molecular weight excluding hydrogens is 1530 g/mol. The third kappa shape index (κ3) is 20.4. The van der Waals surface area contributed by atoms with E-state index in [1.165, 1.54) is 36.4 Å². The Hall–Kier alpha value is -7.54. The Morgan fingerprint density at radius 2 is 0.755 bits per heavy atom. The number of carbonyl (C=O) groups is 3. The molecule has 0 aliphatic carbocycles. The Kier molecular flexibility index (Phi) is 28.0. The van der Waals surface area contributed by atoms with Gasteiger partial charge in [-0.15, -0.1) is 0 Å². The number of fused-ring (bicyclic) bond motifs is 8. The van der Waals surface area contributed by atoms with Gasteiger partial charge in [0.1, 0.15) is 43.9 Å². The van der Waals surface area contributed by atoms with E-state index >= 15 is 0 Å². The first-order chi connectivity index (χ1) is 52.4. The molecule has 8 N–H and O–H groups in total. The van der Waals surface area contributed by atoms with Crippen LogP contribution in [0, 0.1) is 70.1 Å². The van der Waals surface area contributed by atoms with Crippen molar-refractivity contribution in [3.63, 3.8) is 0 Å². The summed E-state index contributed by atoms with van der Waals surface area (Å²) in [6.45, 7) is 1.66. The Morgan fingerprint density at radius 3 is 1.11 bits per heavy atom. The van der Waals surface area contributed by atoms with Gasteiger partial charge < -0.3 is 55.4 Å². The van der Waals surface area contributed by atoms with Gasteiger partial charge in [0.05, 0.1) is 9.79 Å². The number of benzene rings is 6. The second-order valence-electron chi connectivity index (χ2n) is 28.9. The number of sulfonamides is 2. The molecule has 14 rings (SSSR count). The zero-order valence-corrected chi connectivity index (χ0v) is 63.2. The van der Waals surface area contributed by atoms with E-state index in [1.54, 1.807) is 30.3 Å². The molecule has 3 amide bonds. The second kappa shape index (κ2) is 37.0. The van der Waals surface area contributed by atoms with Crippen LogP contribution in [0.3, 0.4) is 0 Å². The van der Waals surface area contributed by atoms with Crippen LogP contribution in [0.25, 0.3) is 0 Å². The van der Waals surface area contributed by atoms with Crippen molar-refractivity contribution in [3.05, 3.63) is 172 Å². The van der Waals surface area contributed by atoms with Gasteiger partial charge in [-0.25, -0.2) is 65.8 Å². The fraction of sp³-hybridized carbons (Fsp3) is 0.487. The first-order valence-electron chi connectivity index (χ1n) is 36.6.